The number of aromatic nitrogens is 3. The first kappa shape index (κ1) is 21.4. The Hall–Kier alpha value is -1.34. The van der Waals surface area contributed by atoms with Gasteiger partial charge in [0.2, 0.25) is 0 Å². The Morgan fingerprint density at radius 3 is 2.54 bits per heavy atom. The van der Waals surface area contributed by atoms with Crippen LogP contribution >= 0.6 is 24.8 Å². The number of nitrogens with zero attached hydrogens (tertiary/aromatic N) is 3. The number of halogens is 2. The van der Waals surface area contributed by atoms with E-state index in [1.54, 1.807) is 0 Å². The summed E-state index contributed by atoms with van der Waals surface area (Å²) in [6.07, 6.45) is 6.68. The molecule has 0 saturated heterocycles. The summed E-state index contributed by atoms with van der Waals surface area (Å²) in [7, 11) is 0. The van der Waals surface area contributed by atoms with Crippen LogP contribution in [0.3, 0.4) is 0 Å². The minimum atomic E-state index is 0. The fourth-order valence-corrected chi connectivity index (χ4v) is 4.21. The quantitative estimate of drug-likeness (QED) is 0.769. The zero-order chi connectivity index (χ0) is 17.5. The Bertz CT molecular complexity index is 802. The summed E-state index contributed by atoms with van der Waals surface area (Å²) in [6.45, 7) is 2.59. The summed E-state index contributed by atoms with van der Waals surface area (Å²) in [5.41, 5.74) is 8.81. The third kappa shape index (κ3) is 4.30. The van der Waals surface area contributed by atoms with Crippen LogP contribution in [0, 0.1) is 0 Å². The van der Waals surface area contributed by atoms with Crippen LogP contribution < -0.4 is 15.8 Å². The molecule has 0 unspecified atom stereocenters. The van der Waals surface area contributed by atoms with Crippen LogP contribution in [0.2, 0.25) is 0 Å². The van der Waals surface area contributed by atoms with Gasteiger partial charge in [-0.1, -0.05) is 6.07 Å². The molecule has 2 aromatic rings. The van der Waals surface area contributed by atoms with E-state index in [1.165, 1.54) is 24.0 Å². The predicted octanol–water partition coefficient (Wildman–Crippen LogP) is 2.93. The number of nitrogens with one attached hydrogen (secondary N) is 1. The molecule has 2 heterocycles. The maximum absolute atomic E-state index is 6.11. The van der Waals surface area contributed by atoms with Crippen molar-refractivity contribution >= 4 is 24.8 Å². The SMILES string of the molecule is Cl.Cl.NC1CC(c2nnc(COc3ccc4c(c3)CCNCC4)n2C2CC2)C1. The van der Waals surface area contributed by atoms with Crippen LogP contribution in [0.1, 0.15) is 60.4 Å². The van der Waals surface area contributed by atoms with Crippen LogP contribution in [-0.4, -0.2) is 33.9 Å². The zero-order valence-electron chi connectivity index (χ0n) is 16.0. The molecule has 28 heavy (non-hydrogen) atoms. The van der Waals surface area contributed by atoms with Crippen molar-refractivity contribution in [1.82, 2.24) is 20.1 Å². The molecule has 6 nitrogen and oxygen atoms in total. The first-order valence-corrected chi connectivity index (χ1v) is 9.92. The second-order valence-electron chi connectivity index (χ2n) is 7.97. The molecule has 0 amide bonds. The van der Waals surface area contributed by atoms with Crippen LogP contribution in [0.25, 0.3) is 0 Å². The Labute approximate surface area is 178 Å². The van der Waals surface area contributed by atoms with Gasteiger partial charge in [0.1, 0.15) is 18.2 Å². The summed E-state index contributed by atoms with van der Waals surface area (Å²) < 4.78 is 8.45. The minimum Gasteiger partial charge on any atom is -0.486 e. The highest BCUT2D eigenvalue weighted by atomic mass is 35.5. The summed E-state index contributed by atoms with van der Waals surface area (Å²) in [5, 5.41) is 12.4. The van der Waals surface area contributed by atoms with E-state index in [4.69, 9.17) is 10.5 Å². The number of nitrogens with two attached hydrogens (primary N) is 1. The number of hydrogen-bond donors (Lipinski definition) is 2. The van der Waals surface area contributed by atoms with E-state index < -0.39 is 0 Å². The predicted molar refractivity (Wildman–Crippen MR) is 114 cm³/mol. The average Bonchev–Trinajstić information content (AvgIpc) is 3.41. The fraction of sp³-hybridized carbons (Fsp3) is 0.600. The molecule has 1 aromatic carbocycles. The van der Waals surface area contributed by atoms with Crippen LogP contribution in [0.5, 0.6) is 5.75 Å². The standard InChI is InChI=1S/C20H27N5O.2ClH/c21-16-9-15(10-16)20-24-23-19(25(20)17-2-3-17)12-26-18-4-1-13-5-7-22-8-6-14(13)11-18;;/h1,4,11,15-17,22H,2-3,5-10,12,21H2;2*1H. The molecular weight excluding hydrogens is 397 g/mol. The van der Waals surface area contributed by atoms with E-state index >= 15 is 0 Å². The molecule has 0 atom stereocenters. The van der Waals surface area contributed by atoms with Crippen LogP contribution in [0.15, 0.2) is 18.2 Å². The maximum atomic E-state index is 6.11. The normalized spacial score (nSPS) is 23.5. The first-order valence-electron chi connectivity index (χ1n) is 9.92. The van der Waals surface area contributed by atoms with Gasteiger partial charge in [-0.15, -0.1) is 35.0 Å². The Morgan fingerprint density at radius 2 is 1.82 bits per heavy atom. The van der Waals surface area contributed by atoms with Crippen LogP contribution in [0.4, 0.5) is 0 Å². The second kappa shape index (κ2) is 8.99. The van der Waals surface area contributed by atoms with E-state index in [2.05, 4.69) is 38.3 Å². The molecule has 0 bridgehead atoms. The highest BCUT2D eigenvalue weighted by molar-refractivity contribution is 5.85. The Balaban J connectivity index is 0.00000112. The van der Waals surface area contributed by atoms with Gasteiger partial charge in [0.25, 0.3) is 0 Å². The highest BCUT2D eigenvalue weighted by Gasteiger charge is 2.36. The molecule has 0 radical (unpaired) electrons. The lowest BCUT2D eigenvalue weighted by Crippen LogP contribution is -2.36. The van der Waals surface area contributed by atoms with Crippen molar-refractivity contribution in [3.05, 3.63) is 41.0 Å². The molecule has 2 fully saturated rings. The summed E-state index contributed by atoms with van der Waals surface area (Å²) in [4.78, 5) is 0. The van der Waals surface area contributed by atoms with E-state index in [0.717, 1.165) is 56.2 Å². The van der Waals surface area contributed by atoms with Crippen molar-refractivity contribution in [2.45, 2.75) is 63.1 Å². The zero-order valence-corrected chi connectivity index (χ0v) is 17.6. The van der Waals surface area contributed by atoms with Crippen molar-refractivity contribution in [1.29, 1.82) is 0 Å². The number of fused-ring (bicyclic) bond motifs is 1. The van der Waals surface area contributed by atoms with Crippen molar-refractivity contribution < 1.29 is 4.74 Å². The lowest BCUT2D eigenvalue weighted by atomic mass is 9.80. The van der Waals surface area contributed by atoms with Gasteiger partial charge in [-0.05, 0) is 74.9 Å². The number of ether oxygens (including phenoxy) is 1. The molecule has 1 aromatic heterocycles. The van der Waals surface area contributed by atoms with Crippen molar-refractivity contribution in [2.75, 3.05) is 13.1 Å². The van der Waals surface area contributed by atoms with E-state index in [0.29, 0.717) is 24.6 Å². The molecule has 0 spiro atoms. The number of hydrogen-bond acceptors (Lipinski definition) is 5. The van der Waals surface area contributed by atoms with E-state index in [9.17, 15) is 0 Å². The molecule has 2 aliphatic carbocycles. The van der Waals surface area contributed by atoms with Gasteiger partial charge in [0, 0.05) is 18.0 Å². The molecule has 1 aliphatic heterocycles. The van der Waals surface area contributed by atoms with Crippen molar-refractivity contribution in [2.24, 2.45) is 5.73 Å². The van der Waals surface area contributed by atoms with E-state index in [1.807, 2.05) is 0 Å². The van der Waals surface area contributed by atoms with Crippen molar-refractivity contribution in [3.8, 4) is 5.75 Å². The van der Waals surface area contributed by atoms with Gasteiger partial charge in [0.05, 0.1) is 0 Å². The number of rotatable bonds is 5. The summed E-state index contributed by atoms with van der Waals surface area (Å²) >= 11 is 0. The molecule has 2 saturated carbocycles. The second-order valence-corrected chi connectivity index (χ2v) is 7.97. The minimum absolute atomic E-state index is 0. The van der Waals surface area contributed by atoms with Gasteiger partial charge in [0.15, 0.2) is 5.82 Å². The van der Waals surface area contributed by atoms with Gasteiger partial charge in [-0.25, -0.2) is 0 Å². The molecule has 5 rings (SSSR count). The maximum Gasteiger partial charge on any atom is 0.171 e. The molecular formula is C20H29Cl2N5O. The lowest BCUT2D eigenvalue weighted by Gasteiger charge is -2.31. The lowest BCUT2D eigenvalue weighted by molar-refractivity contribution is 0.284. The molecule has 3 aliphatic rings. The van der Waals surface area contributed by atoms with Crippen LogP contribution in [-0.2, 0) is 19.4 Å². The fourth-order valence-electron chi connectivity index (χ4n) is 4.21. The monoisotopic (exact) mass is 425 g/mol. The topological polar surface area (TPSA) is 78.0 Å². The van der Waals surface area contributed by atoms with E-state index in [-0.39, 0.29) is 24.8 Å². The van der Waals surface area contributed by atoms with Crippen molar-refractivity contribution in [3.63, 3.8) is 0 Å². The summed E-state index contributed by atoms with van der Waals surface area (Å²) in [5.74, 6) is 3.50. The van der Waals surface area contributed by atoms with Gasteiger partial charge in [-0.3, -0.25) is 0 Å². The molecule has 3 N–H and O–H groups in total. The van der Waals surface area contributed by atoms with Gasteiger partial charge in [-0.2, -0.15) is 0 Å². The average molecular weight is 426 g/mol. The first-order chi connectivity index (χ1) is 12.8. The third-order valence-corrected chi connectivity index (χ3v) is 5.93. The largest absolute Gasteiger partial charge is 0.486 e. The van der Waals surface area contributed by atoms with Gasteiger partial charge < -0.3 is 20.4 Å². The Morgan fingerprint density at radius 1 is 1.07 bits per heavy atom. The highest BCUT2D eigenvalue weighted by Crippen LogP contribution is 2.42. The Kier molecular flexibility index (Phi) is 6.86. The smallest absolute Gasteiger partial charge is 0.171 e. The summed E-state index contributed by atoms with van der Waals surface area (Å²) in [6, 6.07) is 7.40. The third-order valence-electron chi connectivity index (χ3n) is 5.93. The number of benzene rings is 1. The van der Waals surface area contributed by atoms with Gasteiger partial charge >= 0.3 is 0 Å². The molecule has 154 valence electrons. The molecule has 8 heteroatoms.